The van der Waals surface area contributed by atoms with E-state index in [1.807, 2.05) is 50.2 Å². The Labute approximate surface area is 171 Å². The average Bonchev–Trinajstić information content (AvgIpc) is 2.69. The highest BCUT2D eigenvalue weighted by Gasteiger charge is 2.16. The van der Waals surface area contributed by atoms with Crippen molar-refractivity contribution in [1.29, 1.82) is 0 Å². The van der Waals surface area contributed by atoms with E-state index < -0.39 is 10.0 Å². The van der Waals surface area contributed by atoms with Crippen molar-refractivity contribution in [3.05, 3.63) is 83.4 Å². The summed E-state index contributed by atoms with van der Waals surface area (Å²) in [7, 11) is -2.10. The van der Waals surface area contributed by atoms with Crippen molar-refractivity contribution >= 4 is 27.5 Å². The first-order valence-electron chi connectivity index (χ1n) is 8.84. The maximum Gasteiger partial charge on any atom is 0.261 e. The molecule has 4 nitrogen and oxygen atoms in total. The van der Waals surface area contributed by atoms with Crippen LogP contribution in [0.5, 0.6) is 5.75 Å². The zero-order chi connectivity index (χ0) is 20.1. The predicted octanol–water partition coefficient (Wildman–Crippen LogP) is 5.41. The summed E-state index contributed by atoms with van der Waals surface area (Å²) in [5.74, 6) is 1.49. The van der Waals surface area contributed by atoms with Crippen molar-refractivity contribution in [1.82, 2.24) is 0 Å². The van der Waals surface area contributed by atoms with Gasteiger partial charge >= 0.3 is 0 Å². The predicted molar refractivity (Wildman–Crippen MR) is 116 cm³/mol. The Balaban J connectivity index is 1.74. The van der Waals surface area contributed by atoms with Crippen LogP contribution in [-0.4, -0.2) is 15.5 Å². The molecule has 0 atom stereocenters. The highest BCUT2D eigenvalue weighted by atomic mass is 32.2. The van der Waals surface area contributed by atoms with Crippen LogP contribution >= 0.6 is 11.8 Å². The summed E-state index contributed by atoms with van der Waals surface area (Å²) in [6.45, 7) is 3.73. The molecule has 0 aliphatic carbocycles. The number of hydrogen-bond donors (Lipinski definition) is 1. The van der Waals surface area contributed by atoms with Crippen molar-refractivity contribution in [2.45, 2.75) is 29.4 Å². The van der Waals surface area contributed by atoms with Crippen molar-refractivity contribution < 1.29 is 13.2 Å². The number of anilines is 1. The van der Waals surface area contributed by atoms with Gasteiger partial charge in [0.05, 0.1) is 17.7 Å². The van der Waals surface area contributed by atoms with Gasteiger partial charge in [0.15, 0.2) is 0 Å². The molecular formula is C22H23NO3S2. The second kappa shape index (κ2) is 8.71. The van der Waals surface area contributed by atoms with Crippen LogP contribution in [0.1, 0.15) is 16.7 Å². The molecule has 3 aromatic carbocycles. The van der Waals surface area contributed by atoms with Crippen molar-refractivity contribution in [2.75, 3.05) is 11.8 Å². The summed E-state index contributed by atoms with van der Waals surface area (Å²) in [5, 5.41) is 0. The molecular weight excluding hydrogens is 390 g/mol. The molecule has 28 heavy (non-hydrogen) atoms. The van der Waals surface area contributed by atoms with Crippen molar-refractivity contribution in [3.63, 3.8) is 0 Å². The lowest BCUT2D eigenvalue weighted by Gasteiger charge is -2.13. The number of methoxy groups -OCH3 is 1. The molecule has 0 aliphatic rings. The molecule has 0 radical (unpaired) electrons. The number of sulfonamides is 1. The summed E-state index contributed by atoms with van der Waals surface area (Å²) in [4.78, 5) is 1.42. The van der Waals surface area contributed by atoms with Gasteiger partial charge in [-0.3, -0.25) is 4.72 Å². The molecule has 1 N–H and O–H groups in total. The van der Waals surface area contributed by atoms with E-state index in [-0.39, 0.29) is 4.90 Å². The second-order valence-corrected chi connectivity index (χ2v) is 9.22. The Kier molecular flexibility index (Phi) is 6.31. The van der Waals surface area contributed by atoms with Gasteiger partial charge < -0.3 is 4.74 Å². The molecule has 0 saturated carbocycles. The van der Waals surface area contributed by atoms with Gasteiger partial charge in [0.2, 0.25) is 0 Å². The third kappa shape index (κ3) is 4.88. The third-order valence-corrected chi connectivity index (χ3v) is 6.81. The highest BCUT2D eigenvalue weighted by Crippen LogP contribution is 2.27. The molecule has 3 rings (SSSR count). The van der Waals surface area contributed by atoms with Gasteiger partial charge in [-0.1, -0.05) is 30.3 Å². The number of hydrogen-bond acceptors (Lipinski definition) is 4. The van der Waals surface area contributed by atoms with E-state index >= 15 is 0 Å². The average molecular weight is 414 g/mol. The topological polar surface area (TPSA) is 55.4 Å². The number of rotatable bonds is 7. The fourth-order valence-corrected chi connectivity index (χ4v) is 4.91. The minimum Gasteiger partial charge on any atom is -0.496 e. The summed E-state index contributed by atoms with van der Waals surface area (Å²) in [6.07, 6.45) is 0. The fourth-order valence-electron chi connectivity index (χ4n) is 2.84. The molecule has 0 bridgehead atoms. The van der Waals surface area contributed by atoms with Crippen LogP contribution in [0.2, 0.25) is 0 Å². The van der Waals surface area contributed by atoms with Crippen LogP contribution in [0.4, 0.5) is 5.69 Å². The van der Waals surface area contributed by atoms with E-state index in [2.05, 4.69) is 16.9 Å². The zero-order valence-electron chi connectivity index (χ0n) is 16.1. The summed E-state index contributed by atoms with van der Waals surface area (Å²) < 4.78 is 33.4. The molecule has 6 heteroatoms. The molecule has 0 aliphatic heterocycles. The van der Waals surface area contributed by atoms with Gasteiger partial charge in [-0.15, -0.1) is 11.8 Å². The van der Waals surface area contributed by atoms with Crippen molar-refractivity contribution in [2.24, 2.45) is 0 Å². The lowest BCUT2D eigenvalue weighted by molar-refractivity contribution is 0.411. The standard InChI is InChI=1S/C22H23NO3S2/c1-16-13-18(15-27-19-7-5-4-6-8-19)9-11-21(16)23-28(24,25)20-10-12-22(26-3)17(2)14-20/h4-14,23H,15H2,1-3H3. The number of aryl methyl sites for hydroxylation is 2. The van der Waals surface area contributed by atoms with Crippen LogP contribution in [-0.2, 0) is 15.8 Å². The summed E-state index contributed by atoms with van der Waals surface area (Å²) >= 11 is 1.75. The quantitative estimate of drug-likeness (QED) is 0.527. The smallest absolute Gasteiger partial charge is 0.261 e. The Morgan fingerprint density at radius 1 is 0.929 bits per heavy atom. The first kappa shape index (κ1) is 20.3. The Morgan fingerprint density at radius 3 is 2.32 bits per heavy atom. The maximum absolute atomic E-state index is 12.7. The second-order valence-electron chi connectivity index (χ2n) is 6.49. The molecule has 0 fully saturated rings. The molecule has 0 aromatic heterocycles. The van der Waals surface area contributed by atoms with E-state index in [0.717, 1.165) is 22.4 Å². The SMILES string of the molecule is COc1ccc(S(=O)(=O)Nc2ccc(CSc3ccccc3)cc2C)cc1C. The summed E-state index contributed by atoms with van der Waals surface area (Å²) in [6, 6.07) is 20.8. The molecule has 0 unspecified atom stereocenters. The first-order chi connectivity index (χ1) is 13.4. The highest BCUT2D eigenvalue weighted by molar-refractivity contribution is 7.98. The van der Waals surface area contributed by atoms with Crippen molar-refractivity contribution in [3.8, 4) is 5.75 Å². The van der Waals surface area contributed by atoms with Gasteiger partial charge in [0.1, 0.15) is 5.75 Å². The molecule has 0 amide bonds. The lowest BCUT2D eigenvalue weighted by atomic mass is 10.1. The normalized spacial score (nSPS) is 11.2. The molecule has 146 valence electrons. The maximum atomic E-state index is 12.7. The first-order valence-corrected chi connectivity index (χ1v) is 11.3. The number of thioether (sulfide) groups is 1. The Morgan fingerprint density at radius 2 is 1.68 bits per heavy atom. The molecule has 0 heterocycles. The monoisotopic (exact) mass is 413 g/mol. The van der Waals surface area contributed by atoms with E-state index in [9.17, 15) is 8.42 Å². The van der Waals surface area contributed by atoms with Gasteiger partial charge in [-0.2, -0.15) is 0 Å². The minimum atomic E-state index is -3.66. The fraction of sp³-hybridized carbons (Fsp3) is 0.182. The third-order valence-electron chi connectivity index (χ3n) is 4.36. The number of benzene rings is 3. The molecule has 0 saturated heterocycles. The number of nitrogens with one attached hydrogen (secondary N) is 1. The molecule has 0 spiro atoms. The molecule has 3 aromatic rings. The van der Waals surface area contributed by atoms with E-state index in [0.29, 0.717) is 11.4 Å². The van der Waals surface area contributed by atoms with Gasteiger partial charge in [0.25, 0.3) is 10.0 Å². The lowest BCUT2D eigenvalue weighted by Crippen LogP contribution is -2.14. The zero-order valence-corrected chi connectivity index (χ0v) is 17.7. The van der Waals surface area contributed by atoms with E-state index in [1.165, 1.54) is 4.90 Å². The number of ether oxygens (including phenoxy) is 1. The largest absolute Gasteiger partial charge is 0.496 e. The Hall–Kier alpha value is -2.44. The van der Waals surface area contributed by atoms with E-state index in [1.54, 1.807) is 37.1 Å². The minimum absolute atomic E-state index is 0.217. The van der Waals surface area contributed by atoms with E-state index in [4.69, 9.17) is 4.74 Å². The van der Waals surface area contributed by atoms with Crippen LogP contribution in [0.25, 0.3) is 0 Å². The van der Waals surface area contributed by atoms with Crippen LogP contribution in [0.15, 0.2) is 76.5 Å². The van der Waals surface area contributed by atoms with Crippen LogP contribution < -0.4 is 9.46 Å². The van der Waals surface area contributed by atoms with Crippen LogP contribution in [0.3, 0.4) is 0 Å². The Bertz CT molecular complexity index is 1060. The van der Waals surface area contributed by atoms with Gasteiger partial charge in [-0.25, -0.2) is 8.42 Å². The van der Waals surface area contributed by atoms with Crippen LogP contribution in [0, 0.1) is 13.8 Å². The van der Waals surface area contributed by atoms with Gasteiger partial charge in [-0.05, 0) is 66.9 Å². The summed E-state index contributed by atoms with van der Waals surface area (Å²) in [5.41, 5.74) is 3.40. The van der Waals surface area contributed by atoms with Gasteiger partial charge in [0, 0.05) is 10.6 Å².